The molecule has 3 aliphatic rings. The fraction of sp³-hybridized carbons (Fsp3) is 0.688. The summed E-state index contributed by atoms with van der Waals surface area (Å²) in [5, 5.41) is 3.59. The molecule has 0 atom stereocenters. The van der Waals surface area contributed by atoms with E-state index in [1.807, 2.05) is 6.20 Å². The SMILES string of the molecule is c1cc(CNC2CC2)cc(N(CC2CC2)C2CC2)n1. The van der Waals surface area contributed by atoms with Crippen molar-refractivity contribution in [3.05, 3.63) is 23.9 Å². The normalized spacial score (nSPS) is 22.5. The highest BCUT2D eigenvalue weighted by Gasteiger charge is 2.34. The summed E-state index contributed by atoms with van der Waals surface area (Å²) in [7, 11) is 0. The van der Waals surface area contributed by atoms with Gasteiger partial charge in [0.25, 0.3) is 0 Å². The maximum absolute atomic E-state index is 4.62. The molecule has 1 aromatic heterocycles. The summed E-state index contributed by atoms with van der Waals surface area (Å²) in [6, 6.07) is 6.01. The molecule has 1 N–H and O–H groups in total. The summed E-state index contributed by atoms with van der Waals surface area (Å²) in [4.78, 5) is 7.19. The van der Waals surface area contributed by atoms with Crippen LogP contribution in [0, 0.1) is 5.92 Å². The van der Waals surface area contributed by atoms with Crippen molar-refractivity contribution in [2.24, 2.45) is 5.92 Å². The second-order valence-electron chi connectivity index (χ2n) is 6.50. The number of nitrogens with zero attached hydrogens (tertiary/aromatic N) is 2. The number of nitrogens with one attached hydrogen (secondary N) is 1. The van der Waals surface area contributed by atoms with E-state index in [1.165, 1.54) is 56.5 Å². The van der Waals surface area contributed by atoms with Crippen LogP contribution in [0.5, 0.6) is 0 Å². The fourth-order valence-corrected chi connectivity index (χ4v) is 2.67. The number of anilines is 1. The topological polar surface area (TPSA) is 28.2 Å². The van der Waals surface area contributed by atoms with Gasteiger partial charge in [-0.05, 0) is 62.1 Å². The molecule has 0 aliphatic heterocycles. The smallest absolute Gasteiger partial charge is 0.129 e. The quantitative estimate of drug-likeness (QED) is 0.814. The summed E-state index contributed by atoms with van der Waals surface area (Å²) in [6.07, 6.45) is 10.3. The van der Waals surface area contributed by atoms with E-state index in [9.17, 15) is 0 Å². The lowest BCUT2D eigenvalue weighted by Gasteiger charge is -2.24. The molecular weight excluding hydrogens is 234 g/mol. The van der Waals surface area contributed by atoms with Crippen molar-refractivity contribution in [2.45, 2.75) is 57.2 Å². The lowest BCUT2D eigenvalue weighted by atomic mass is 10.2. The summed E-state index contributed by atoms with van der Waals surface area (Å²) < 4.78 is 0. The van der Waals surface area contributed by atoms with Gasteiger partial charge in [0.1, 0.15) is 5.82 Å². The molecule has 3 saturated carbocycles. The van der Waals surface area contributed by atoms with Crippen LogP contribution in [-0.2, 0) is 6.54 Å². The Bertz CT molecular complexity index is 447. The Hall–Kier alpha value is -1.09. The Morgan fingerprint density at radius 2 is 2.00 bits per heavy atom. The molecule has 1 aromatic rings. The first kappa shape index (κ1) is 11.7. The van der Waals surface area contributed by atoms with Crippen molar-refractivity contribution in [2.75, 3.05) is 11.4 Å². The number of aromatic nitrogens is 1. The van der Waals surface area contributed by atoms with Gasteiger partial charge in [-0.3, -0.25) is 0 Å². The van der Waals surface area contributed by atoms with Crippen molar-refractivity contribution in [1.29, 1.82) is 0 Å². The van der Waals surface area contributed by atoms with Crippen LogP contribution in [-0.4, -0.2) is 23.6 Å². The maximum atomic E-state index is 4.62. The molecule has 0 unspecified atom stereocenters. The van der Waals surface area contributed by atoms with Crippen LogP contribution in [0.15, 0.2) is 18.3 Å². The van der Waals surface area contributed by atoms with Gasteiger partial charge in [0.05, 0.1) is 0 Å². The highest BCUT2D eigenvalue weighted by Crippen LogP contribution is 2.37. The van der Waals surface area contributed by atoms with Gasteiger partial charge in [0, 0.05) is 31.4 Å². The lowest BCUT2D eigenvalue weighted by molar-refractivity contribution is 0.682. The standard InChI is InChI=1S/C16H23N3/c1-2-12(1)11-19(15-5-6-15)16-9-13(7-8-17-16)10-18-14-3-4-14/h7-9,12,14-15,18H,1-6,10-11H2. The average Bonchev–Trinajstić information content (AvgIpc) is 3.29. The number of rotatable bonds is 7. The third kappa shape index (κ3) is 3.08. The van der Waals surface area contributed by atoms with Crippen LogP contribution in [0.2, 0.25) is 0 Å². The highest BCUT2D eigenvalue weighted by atomic mass is 15.2. The van der Waals surface area contributed by atoms with Gasteiger partial charge in [-0.2, -0.15) is 0 Å². The molecule has 0 aromatic carbocycles. The van der Waals surface area contributed by atoms with E-state index in [0.717, 1.165) is 24.5 Å². The number of pyridine rings is 1. The minimum absolute atomic E-state index is 0.778. The average molecular weight is 257 g/mol. The fourth-order valence-electron chi connectivity index (χ4n) is 2.67. The Kier molecular flexibility index (Phi) is 2.95. The first-order valence-electron chi connectivity index (χ1n) is 7.83. The summed E-state index contributed by atoms with van der Waals surface area (Å²) in [6.45, 7) is 2.24. The first-order chi connectivity index (χ1) is 9.38. The second-order valence-corrected chi connectivity index (χ2v) is 6.50. The Labute approximate surface area is 115 Å². The lowest BCUT2D eigenvalue weighted by Crippen LogP contribution is -2.29. The molecule has 3 aliphatic carbocycles. The van der Waals surface area contributed by atoms with E-state index in [4.69, 9.17) is 0 Å². The summed E-state index contributed by atoms with van der Waals surface area (Å²) in [5.74, 6) is 2.15. The van der Waals surface area contributed by atoms with E-state index >= 15 is 0 Å². The minimum atomic E-state index is 0.778. The van der Waals surface area contributed by atoms with Crippen molar-refractivity contribution >= 4 is 5.82 Å². The summed E-state index contributed by atoms with van der Waals surface area (Å²) in [5.41, 5.74) is 1.39. The van der Waals surface area contributed by atoms with Gasteiger partial charge >= 0.3 is 0 Å². The van der Waals surface area contributed by atoms with Gasteiger partial charge in [-0.15, -0.1) is 0 Å². The third-order valence-electron chi connectivity index (χ3n) is 4.42. The Morgan fingerprint density at radius 1 is 1.16 bits per heavy atom. The zero-order chi connectivity index (χ0) is 12.7. The molecule has 0 saturated heterocycles. The molecular formula is C16H23N3. The first-order valence-corrected chi connectivity index (χ1v) is 7.83. The van der Waals surface area contributed by atoms with E-state index < -0.39 is 0 Å². The molecule has 3 fully saturated rings. The molecule has 19 heavy (non-hydrogen) atoms. The predicted molar refractivity (Wildman–Crippen MR) is 77.2 cm³/mol. The predicted octanol–water partition coefficient (Wildman–Crippen LogP) is 2.71. The monoisotopic (exact) mass is 257 g/mol. The second kappa shape index (κ2) is 4.78. The molecule has 3 nitrogen and oxygen atoms in total. The zero-order valence-corrected chi connectivity index (χ0v) is 11.5. The highest BCUT2D eigenvalue weighted by molar-refractivity contribution is 5.44. The minimum Gasteiger partial charge on any atom is -0.353 e. The largest absolute Gasteiger partial charge is 0.353 e. The zero-order valence-electron chi connectivity index (χ0n) is 11.5. The van der Waals surface area contributed by atoms with Crippen molar-refractivity contribution in [3.63, 3.8) is 0 Å². The van der Waals surface area contributed by atoms with Gasteiger partial charge in [0.2, 0.25) is 0 Å². The van der Waals surface area contributed by atoms with E-state index in [-0.39, 0.29) is 0 Å². The molecule has 0 radical (unpaired) electrons. The van der Waals surface area contributed by atoms with Gasteiger partial charge in [-0.1, -0.05) is 0 Å². The van der Waals surface area contributed by atoms with Crippen LogP contribution in [0.4, 0.5) is 5.82 Å². The maximum Gasteiger partial charge on any atom is 0.129 e. The third-order valence-corrected chi connectivity index (χ3v) is 4.42. The van der Waals surface area contributed by atoms with Gasteiger partial charge in [0.15, 0.2) is 0 Å². The van der Waals surface area contributed by atoms with Gasteiger partial charge < -0.3 is 10.2 Å². The van der Waals surface area contributed by atoms with E-state index in [0.29, 0.717) is 0 Å². The molecule has 0 bridgehead atoms. The summed E-state index contributed by atoms with van der Waals surface area (Å²) >= 11 is 0. The number of hydrogen-bond donors (Lipinski definition) is 1. The van der Waals surface area contributed by atoms with Crippen LogP contribution >= 0.6 is 0 Å². The van der Waals surface area contributed by atoms with Crippen LogP contribution < -0.4 is 10.2 Å². The van der Waals surface area contributed by atoms with Crippen molar-refractivity contribution in [3.8, 4) is 0 Å². The van der Waals surface area contributed by atoms with Crippen molar-refractivity contribution < 1.29 is 0 Å². The molecule has 0 amide bonds. The Morgan fingerprint density at radius 3 is 2.68 bits per heavy atom. The molecule has 4 rings (SSSR count). The van der Waals surface area contributed by atoms with Crippen LogP contribution in [0.25, 0.3) is 0 Å². The van der Waals surface area contributed by atoms with Gasteiger partial charge in [-0.25, -0.2) is 4.98 Å². The number of hydrogen-bond acceptors (Lipinski definition) is 3. The van der Waals surface area contributed by atoms with E-state index in [1.54, 1.807) is 0 Å². The van der Waals surface area contributed by atoms with Crippen LogP contribution in [0.1, 0.15) is 44.1 Å². The molecule has 102 valence electrons. The van der Waals surface area contributed by atoms with Crippen LogP contribution in [0.3, 0.4) is 0 Å². The van der Waals surface area contributed by atoms with E-state index in [2.05, 4.69) is 27.3 Å². The molecule has 3 heteroatoms. The van der Waals surface area contributed by atoms with Crippen molar-refractivity contribution in [1.82, 2.24) is 10.3 Å². The molecule has 0 spiro atoms. The Balaban J connectivity index is 1.45. The molecule has 1 heterocycles.